The minimum absolute atomic E-state index is 0.147. The lowest BCUT2D eigenvalue weighted by atomic mass is 10.0. The maximum Gasteiger partial charge on any atom is 0.228 e. The highest BCUT2D eigenvalue weighted by molar-refractivity contribution is 5.80. The maximum absolute atomic E-state index is 13.2. The highest BCUT2D eigenvalue weighted by atomic mass is 16.5. The first-order chi connectivity index (χ1) is 19.4. The second kappa shape index (κ2) is 12.6. The van der Waals surface area contributed by atoms with Gasteiger partial charge < -0.3 is 29.7 Å². The lowest BCUT2D eigenvalue weighted by Gasteiger charge is -2.23. The summed E-state index contributed by atoms with van der Waals surface area (Å²) in [5.41, 5.74) is 2.74. The van der Waals surface area contributed by atoms with Gasteiger partial charge in [-0.3, -0.25) is 4.79 Å². The quantitative estimate of drug-likeness (QED) is 0.248. The number of nitrogens with one attached hydrogen (secondary N) is 1. The number of amides is 1. The molecule has 0 aliphatic heterocycles. The Morgan fingerprint density at radius 3 is 2.67 bits per heavy atom. The fourth-order valence-electron chi connectivity index (χ4n) is 5.48. The average molecular weight is 544 g/mol. The third kappa shape index (κ3) is 6.17. The number of para-hydroxylation sites is 1. The van der Waals surface area contributed by atoms with Crippen molar-refractivity contribution in [2.75, 3.05) is 26.7 Å². The van der Waals surface area contributed by atoms with E-state index in [0.29, 0.717) is 18.6 Å². The predicted molar refractivity (Wildman–Crippen MR) is 153 cm³/mol. The molecule has 4 aromatic rings. The second-order valence-corrected chi connectivity index (χ2v) is 10.5. The van der Waals surface area contributed by atoms with Crippen LogP contribution in [-0.4, -0.2) is 74.4 Å². The summed E-state index contributed by atoms with van der Waals surface area (Å²) < 4.78 is 7.78. The Kier molecular flexibility index (Phi) is 8.74. The van der Waals surface area contributed by atoms with E-state index in [1.807, 2.05) is 66.2 Å². The lowest BCUT2D eigenvalue weighted by molar-refractivity contribution is -0.138. The Labute approximate surface area is 234 Å². The number of ether oxygens (including phenoxy) is 1. The normalized spacial score (nSPS) is 20.6. The zero-order valence-electron chi connectivity index (χ0n) is 23.0. The average Bonchev–Trinajstić information content (AvgIpc) is 3.52. The molecule has 0 unspecified atom stereocenters. The number of carbonyl (C=O) groups excluding carboxylic acids is 1. The molecule has 5 rings (SSSR count). The first kappa shape index (κ1) is 27.8. The summed E-state index contributed by atoms with van der Waals surface area (Å²) in [6.45, 7) is 4.05. The van der Waals surface area contributed by atoms with Crippen LogP contribution in [0.5, 0.6) is 11.5 Å². The van der Waals surface area contributed by atoms with Crippen molar-refractivity contribution in [1.82, 2.24) is 24.8 Å². The van der Waals surface area contributed by atoms with Crippen molar-refractivity contribution in [3.05, 3.63) is 84.4 Å². The summed E-state index contributed by atoms with van der Waals surface area (Å²) in [4.78, 5) is 23.4. The third-order valence-corrected chi connectivity index (χ3v) is 7.73. The van der Waals surface area contributed by atoms with Crippen molar-refractivity contribution >= 4 is 16.9 Å². The molecule has 1 aliphatic rings. The summed E-state index contributed by atoms with van der Waals surface area (Å²) in [5, 5.41) is 25.9. The Hall–Kier alpha value is -3.79. The van der Waals surface area contributed by atoms with Gasteiger partial charge in [-0.25, -0.2) is 9.97 Å². The van der Waals surface area contributed by atoms with Gasteiger partial charge in [0, 0.05) is 25.2 Å². The van der Waals surface area contributed by atoms with Gasteiger partial charge in [0.15, 0.2) is 0 Å². The number of hydrogen-bond acceptors (Lipinski definition) is 7. The van der Waals surface area contributed by atoms with E-state index in [4.69, 9.17) is 4.74 Å². The molecule has 2 aromatic carbocycles. The fraction of sp³-hybridized carbons (Fsp3) is 0.387. The van der Waals surface area contributed by atoms with Gasteiger partial charge >= 0.3 is 0 Å². The number of hydrogen-bond donors (Lipinski definition) is 3. The van der Waals surface area contributed by atoms with Gasteiger partial charge in [-0.2, -0.15) is 0 Å². The van der Waals surface area contributed by atoms with E-state index in [9.17, 15) is 15.0 Å². The summed E-state index contributed by atoms with van der Waals surface area (Å²) in [5.74, 6) is 0.823. The molecule has 0 saturated heterocycles. The van der Waals surface area contributed by atoms with Crippen LogP contribution >= 0.6 is 0 Å². The molecule has 4 atom stereocenters. The molecule has 1 amide bonds. The number of aliphatic hydroxyl groups excluding tert-OH is 2. The highest BCUT2D eigenvalue weighted by Crippen LogP contribution is 2.38. The molecule has 9 nitrogen and oxygen atoms in total. The number of nitrogens with zero attached hydrogens (tertiary/aromatic N) is 4. The Morgan fingerprint density at radius 1 is 1.05 bits per heavy atom. The van der Waals surface area contributed by atoms with Crippen LogP contribution in [0.2, 0.25) is 0 Å². The van der Waals surface area contributed by atoms with Crippen molar-refractivity contribution < 1.29 is 19.7 Å². The largest absolute Gasteiger partial charge is 0.457 e. The van der Waals surface area contributed by atoms with Gasteiger partial charge in [0.05, 0.1) is 23.8 Å². The Bertz CT molecular complexity index is 1430. The van der Waals surface area contributed by atoms with Crippen LogP contribution in [0.25, 0.3) is 11.0 Å². The van der Waals surface area contributed by atoms with Crippen molar-refractivity contribution in [3.8, 4) is 11.5 Å². The van der Waals surface area contributed by atoms with E-state index in [1.54, 1.807) is 11.9 Å². The van der Waals surface area contributed by atoms with Crippen LogP contribution in [0, 0.1) is 12.8 Å². The topological polar surface area (TPSA) is 113 Å². The summed E-state index contributed by atoms with van der Waals surface area (Å²) >= 11 is 0. The number of aryl methyl sites for hydroxylation is 1. The molecule has 2 heterocycles. The summed E-state index contributed by atoms with van der Waals surface area (Å²) in [7, 11) is 1.76. The fourth-order valence-corrected chi connectivity index (χ4v) is 5.48. The number of aliphatic hydroxyl groups is 2. The standard InChI is InChI=1S/C31H37N5O4/c1-21-25-13-17-36(30(25)34-20-33-21)27-19-26(28(37)29(27)38)31(39)35(2)16-7-14-32-15-12-22-8-6-11-24(18-22)40-23-9-4-3-5-10-23/h3-6,8-11,13,17-18,20,26-29,32,37-38H,7,12,14-16,19H2,1-2H3/t26-,27+,28+,29-/m0/s1. The monoisotopic (exact) mass is 543 g/mol. The van der Waals surface area contributed by atoms with Crippen LogP contribution in [0.3, 0.4) is 0 Å². The van der Waals surface area contributed by atoms with Gasteiger partial charge in [-0.05, 0) is 75.2 Å². The first-order valence-corrected chi connectivity index (χ1v) is 13.8. The molecule has 0 spiro atoms. The Morgan fingerprint density at radius 2 is 1.85 bits per heavy atom. The van der Waals surface area contributed by atoms with Gasteiger partial charge in [-0.15, -0.1) is 0 Å². The second-order valence-electron chi connectivity index (χ2n) is 10.5. The van der Waals surface area contributed by atoms with Crippen LogP contribution in [0.15, 0.2) is 73.2 Å². The van der Waals surface area contributed by atoms with Crippen molar-refractivity contribution in [2.45, 2.75) is 44.4 Å². The molecule has 9 heteroatoms. The number of rotatable bonds is 11. The van der Waals surface area contributed by atoms with E-state index in [2.05, 4.69) is 27.4 Å². The van der Waals surface area contributed by atoms with Crippen molar-refractivity contribution in [1.29, 1.82) is 0 Å². The van der Waals surface area contributed by atoms with Gasteiger partial charge in [-0.1, -0.05) is 30.3 Å². The number of fused-ring (bicyclic) bond motifs is 1. The molecular formula is C31H37N5O4. The SMILES string of the molecule is Cc1ncnc2c1ccn2[C@@H]1C[C@H](C(=O)N(C)CCCNCCc2cccc(Oc3ccccc3)c2)[C@@H](O)[C@H]1O. The van der Waals surface area contributed by atoms with Crippen LogP contribution in [0.4, 0.5) is 0 Å². The van der Waals surface area contributed by atoms with Crippen LogP contribution in [-0.2, 0) is 11.2 Å². The van der Waals surface area contributed by atoms with E-state index >= 15 is 0 Å². The first-order valence-electron chi connectivity index (χ1n) is 13.8. The molecule has 210 valence electrons. The number of carbonyl (C=O) groups is 1. The maximum atomic E-state index is 13.2. The minimum Gasteiger partial charge on any atom is -0.457 e. The molecule has 40 heavy (non-hydrogen) atoms. The predicted octanol–water partition coefficient (Wildman–Crippen LogP) is 3.50. The highest BCUT2D eigenvalue weighted by Gasteiger charge is 2.46. The van der Waals surface area contributed by atoms with E-state index in [1.165, 1.54) is 11.9 Å². The lowest BCUT2D eigenvalue weighted by Crippen LogP contribution is -2.40. The van der Waals surface area contributed by atoms with Crippen molar-refractivity contribution in [3.63, 3.8) is 0 Å². The van der Waals surface area contributed by atoms with Gasteiger partial charge in [0.1, 0.15) is 29.6 Å². The molecule has 0 bridgehead atoms. The van der Waals surface area contributed by atoms with E-state index in [-0.39, 0.29) is 5.91 Å². The molecule has 0 radical (unpaired) electrons. The summed E-state index contributed by atoms with van der Waals surface area (Å²) in [6, 6.07) is 19.3. The zero-order chi connectivity index (χ0) is 28.1. The smallest absolute Gasteiger partial charge is 0.228 e. The van der Waals surface area contributed by atoms with Gasteiger partial charge in [0.25, 0.3) is 0 Å². The van der Waals surface area contributed by atoms with E-state index < -0.39 is 24.2 Å². The number of aromatic nitrogens is 3. The zero-order valence-corrected chi connectivity index (χ0v) is 23.0. The molecule has 2 aromatic heterocycles. The minimum atomic E-state index is -1.12. The van der Waals surface area contributed by atoms with Crippen molar-refractivity contribution in [2.24, 2.45) is 5.92 Å². The van der Waals surface area contributed by atoms with Crippen LogP contribution < -0.4 is 10.1 Å². The molecule has 1 fully saturated rings. The summed E-state index contributed by atoms with van der Waals surface area (Å²) in [6.07, 6.45) is 3.17. The van der Waals surface area contributed by atoms with Crippen LogP contribution in [0.1, 0.15) is 30.1 Å². The molecule has 1 aliphatic carbocycles. The van der Waals surface area contributed by atoms with E-state index in [0.717, 1.165) is 48.5 Å². The number of benzene rings is 2. The molecular weight excluding hydrogens is 506 g/mol. The third-order valence-electron chi connectivity index (χ3n) is 7.73. The molecule has 3 N–H and O–H groups in total. The van der Waals surface area contributed by atoms with Gasteiger partial charge in [0.2, 0.25) is 5.91 Å². The molecule has 1 saturated carbocycles. The Balaban J connectivity index is 1.06.